The van der Waals surface area contributed by atoms with Crippen LogP contribution in [0.25, 0.3) is 21.5 Å². The molecule has 275 valence electrons. The number of nitro groups is 1. The monoisotopic (exact) mass is 829 g/mol. The fraction of sp³-hybridized carbons (Fsp3) is 0.0857. The second-order valence-corrected chi connectivity index (χ2v) is 15.2. The predicted octanol–water partition coefficient (Wildman–Crippen LogP) is 2.88. The molecule has 6 aromatic carbocycles. The molecule has 0 saturated heterocycles. The maximum atomic E-state index is 12.4. The third-order valence-corrected chi connectivity index (χ3v) is 9.80. The first-order chi connectivity index (χ1) is 25.1. The Morgan fingerprint density at radius 1 is 0.655 bits per heavy atom. The molecule has 0 aliphatic carbocycles. The van der Waals surface area contributed by atoms with Gasteiger partial charge in [0.15, 0.2) is 9.84 Å². The van der Waals surface area contributed by atoms with Gasteiger partial charge in [-0.1, -0.05) is 96.7 Å². The summed E-state index contributed by atoms with van der Waals surface area (Å²) in [4.78, 5) is 9.86. The predicted molar refractivity (Wildman–Crippen MR) is 190 cm³/mol. The molecule has 0 aliphatic rings. The Morgan fingerprint density at radius 3 is 1.91 bits per heavy atom. The summed E-state index contributed by atoms with van der Waals surface area (Å²) in [6.45, 7) is 1.47. The van der Waals surface area contributed by atoms with Crippen molar-refractivity contribution in [2.24, 2.45) is 20.5 Å². The number of fused-ring (bicyclic) bond motifs is 2. The van der Waals surface area contributed by atoms with E-state index >= 15 is 0 Å². The molecule has 6 aromatic rings. The van der Waals surface area contributed by atoms with Crippen LogP contribution in [-0.4, -0.2) is 33.8 Å². The van der Waals surface area contributed by atoms with Gasteiger partial charge in [-0.25, -0.2) is 16.8 Å². The van der Waals surface area contributed by atoms with E-state index in [1.807, 2.05) is 12.1 Å². The van der Waals surface area contributed by atoms with Crippen LogP contribution < -0.4 is 54.7 Å². The molecule has 0 atom stereocenters. The second-order valence-electron chi connectivity index (χ2n) is 11.2. The Balaban J connectivity index is 0.000000294. The zero-order chi connectivity index (χ0) is 38.5. The number of hydrogen-bond donors (Lipinski definition) is 1. The van der Waals surface area contributed by atoms with Crippen LogP contribution in [0.3, 0.4) is 0 Å². The molecule has 0 heterocycles. The van der Waals surface area contributed by atoms with Gasteiger partial charge in [-0.2, -0.15) is 20.5 Å². The summed E-state index contributed by atoms with van der Waals surface area (Å²) in [5.41, 5.74) is -0.560. The van der Waals surface area contributed by atoms with E-state index in [-0.39, 0.29) is 103 Å². The number of hydrogen-bond acceptors (Lipinski definition) is 14. The number of sulfone groups is 1. The molecule has 0 spiro atoms. The van der Waals surface area contributed by atoms with Crippen LogP contribution in [0.1, 0.15) is 6.92 Å². The van der Waals surface area contributed by atoms with Crippen LogP contribution in [0.2, 0.25) is 0 Å². The van der Waals surface area contributed by atoms with Gasteiger partial charge in [0.25, 0.3) is 5.69 Å². The summed E-state index contributed by atoms with van der Waals surface area (Å²) in [6, 6.07) is 24.3. The minimum Gasteiger partial charge on any atom is -0.871 e. The molecular formula is C35H26CrN6NaO10S2. The van der Waals surface area contributed by atoms with Crippen LogP contribution in [0.5, 0.6) is 23.0 Å². The van der Waals surface area contributed by atoms with Gasteiger partial charge >= 0.3 is 46.9 Å². The summed E-state index contributed by atoms with van der Waals surface area (Å²) in [5.74, 6) is -2.22. The Labute approximate surface area is 347 Å². The summed E-state index contributed by atoms with van der Waals surface area (Å²) in [6.07, 6.45) is 0.970. The number of anilines is 1. The fourth-order valence-electron chi connectivity index (χ4n) is 4.91. The average molecular weight is 830 g/mol. The first-order valence-corrected chi connectivity index (χ1v) is 18.8. The maximum Gasteiger partial charge on any atom is 3.00 e. The number of azo groups is 2. The Morgan fingerprint density at radius 2 is 1.25 bits per heavy atom. The van der Waals surface area contributed by atoms with Gasteiger partial charge in [0.05, 0.1) is 50.3 Å². The molecule has 55 heavy (non-hydrogen) atoms. The number of nitro benzene ring substituents is 1. The van der Waals surface area contributed by atoms with E-state index in [0.717, 1.165) is 35.9 Å². The van der Waals surface area contributed by atoms with E-state index < -0.39 is 42.0 Å². The summed E-state index contributed by atoms with van der Waals surface area (Å²) in [7, 11) is -7.21. The van der Waals surface area contributed by atoms with Crippen molar-refractivity contribution in [3.63, 3.8) is 0 Å². The van der Waals surface area contributed by atoms with E-state index in [1.165, 1.54) is 43.3 Å². The molecular weight excluding hydrogens is 804 g/mol. The molecule has 0 bridgehead atoms. The molecule has 0 unspecified atom stereocenters. The topological polar surface area (TPSA) is 265 Å². The van der Waals surface area contributed by atoms with Crippen LogP contribution in [0.15, 0.2) is 128 Å². The molecule has 0 aromatic heterocycles. The van der Waals surface area contributed by atoms with E-state index in [1.54, 1.807) is 30.3 Å². The molecule has 1 radical (unpaired) electrons. The van der Waals surface area contributed by atoms with Gasteiger partial charge in [-0.3, -0.25) is 14.8 Å². The number of benzene rings is 6. The third-order valence-electron chi connectivity index (χ3n) is 7.48. The van der Waals surface area contributed by atoms with E-state index in [2.05, 4.69) is 25.2 Å². The van der Waals surface area contributed by atoms with Crippen molar-refractivity contribution < 1.29 is 89.1 Å². The molecule has 0 amide bonds. The van der Waals surface area contributed by atoms with E-state index in [9.17, 15) is 47.4 Å². The smallest absolute Gasteiger partial charge is 0.871 e. The summed E-state index contributed by atoms with van der Waals surface area (Å²) >= 11 is 0. The van der Waals surface area contributed by atoms with E-state index in [0.29, 0.717) is 10.8 Å². The molecule has 6 rings (SSSR count). The summed E-state index contributed by atoms with van der Waals surface area (Å²) in [5, 5.41) is 76.4. The molecule has 0 aliphatic heterocycles. The van der Waals surface area contributed by atoms with Crippen molar-refractivity contribution in [3.05, 3.63) is 113 Å². The van der Waals surface area contributed by atoms with Crippen LogP contribution in [-0.2, 0) is 37.2 Å². The van der Waals surface area contributed by atoms with Crippen LogP contribution in [0.4, 0.5) is 34.1 Å². The third kappa shape index (κ3) is 10.8. The summed E-state index contributed by atoms with van der Waals surface area (Å²) < 4.78 is 49.8. The number of sulfonamides is 1. The Hall–Kier alpha value is -5.13. The molecule has 16 nitrogen and oxygen atoms in total. The van der Waals surface area contributed by atoms with Crippen molar-refractivity contribution in [2.75, 3.05) is 16.7 Å². The number of nitrogens with zero attached hydrogens (tertiary/aromatic N) is 5. The van der Waals surface area contributed by atoms with Crippen LogP contribution in [0, 0.1) is 10.1 Å². The van der Waals surface area contributed by atoms with Gasteiger partial charge in [0, 0.05) is 22.9 Å². The average Bonchev–Trinajstić information content (AvgIpc) is 3.11. The standard InChI is InChI=1S/C19H19N3O6S2.C16H11N3O4.Cr.Na/c1-3-30(27,28)13-8-10-16(23)15(11-13)20-21-19-17(24)9-7-12-5-4-6-14(18(12)19)22-29(2,25)26;20-14-8-5-10-3-1-2-4-12(10)16(14)18-17-13-7-6-11(19(22)23)9-15(13)21;;/h4-11,22-24H,3H2,1-2H3;1-9,20-21H;;/q;;+3;+1/p-4. The maximum absolute atomic E-state index is 12.4. The minimum atomic E-state index is -3.64. The molecule has 0 saturated carbocycles. The van der Waals surface area contributed by atoms with Gasteiger partial charge in [0.1, 0.15) is 0 Å². The Bertz CT molecular complexity index is 2680. The first-order valence-electron chi connectivity index (χ1n) is 15.3. The first kappa shape index (κ1) is 44.3. The number of nitrogens with one attached hydrogen (secondary N) is 1. The quantitative estimate of drug-likeness (QED) is 0.0964. The zero-order valence-electron chi connectivity index (χ0n) is 29.1. The number of rotatable bonds is 9. The largest absolute Gasteiger partial charge is 3.00 e. The second kappa shape index (κ2) is 18.5. The minimum absolute atomic E-state index is 0. The van der Waals surface area contributed by atoms with Crippen molar-refractivity contribution in [1.82, 2.24) is 0 Å². The van der Waals surface area contributed by atoms with Crippen LogP contribution >= 0.6 is 0 Å². The molecule has 0 fully saturated rings. The van der Waals surface area contributed by atoms with Gasteiger partial charge in [0.2, 0.25) is 10.0 Å². The zero-order valence-corrected chi connectivity index (χ0v) is 34.0. The molecule has 20 heteroatoms. The fourth-order valence-corrected chi connectivity index (χ4v) is 6.37. The SMILES string of the molecule is CCS(=O)(=O)c1ccc([O-])c(N=Nc2c([O-])ccc3cccc(NS(C)(=O)=O)c23)c1.O=[N+]([O-])c1ccc(N=Nc2c([O-])ccc3ccccc23)c([O-])c1.[Cr+3].[Na+]. The van der Waals surface area contributed by atoms with Crippen molar-refractivity contribution in [2.45, 2.75) is 11.8 Å². The van der Waals surface area contributed by atoms with Gasteiger partial charge in [-0.05, 0) is 35.0 Å². The van der Waals surface area contributed by atoms with E-state index in [4.69, 9.17) is 0 Å². The van der Waals surface area contributed by atoms with Gasteiger partial charge in [-0.15, -0.1) is 0 Å². The van der Waals surface area contributed by atoms with Gasteiger partial charge < -0.3 is 20.4 Å². The molecule has 1 N–H and O–H groups in total. The normalized spacial score (nSPS) is 11.5. The van der Waals surface area contributed by atoms with Crippen molar-refractivity contribution in [1.29, 1.82) is 0 Å². The number of non-ortho nitro benzene ring substituents is 1. The van der Waals surface area contributed by atoms with Crippen molar-refractivity contribution in [3.8, 4) is 23.0 Å². The van der Waals surface area contributed by atoms with Crippen molar-refractivity contribution >= 4 is 75.5 Å². The Kier molecular flexibility index (Phi) is 14.9.